The summed E-state index contributed by atoms with van der Waals surface area (Å²) in [4.78, 5) is 0. The highest BCUT2D eigenvalue weighted by atomic mass is 32.2. The van der Waals surface area contributed by atoms with Crippen LogP contribution in [0.25, 0.3) is 5.52 Å². The smallest absolute Gasteiger partial charge is 0.191 e. The average molecular weight is 335 g/mol. The van der Waals surface area contributed by atoms with E-state index in [4.69, 9.17) is 0 Å². The van der Waals surface area contributed by atoms with Gasteiger partial charge >= 0.3 is 0 Å². The molecule has 0 bridgehead atoms. The predicted octanol–water partition coefficient (Wildman–Crippen LogP) is 3.76. The molecule has 0 aromatic carbocycles. The van der Waals surface area contributed by atoms with E-state index in [1.165, 1.54) is 12.8 Å². The number of thioether (sulfide) groups is 1. The highest BCUT2D eigenvalue weighted by molar-refractivity contribution is 7.98. The van der Waals surface area contributed by atoms with E-state index in [0.717, 1.165) is 34.2 Å². The lowest BCUT2D eigenvalue weighted by Gasteiger charge is -2.06. The Kier molecular flexibility index (Phi) is 3.87. The second kappa shape index (κ2) is 6.17. The quantitative estimate of drug-likeness (QED) is 0.508. The Labute approximate surface area is 144 Å². The molecule has 6 heteroatoms. The fourth-order valence-electron chi connectivity index (χ4n) is 2.91. The van der Waals surface area contributed by atoms with Gasteiger partial charge in [0.1, 0.15) is 11.9 Å². The molecule has 0 unspecified atom stereocenters. The molecule has 1 fully saturated rings. The minimum absolute atomic E-state index is 0.554. The van der Waals surface area contributed by atoms with Crippen molar-refractivity contribution >= 4 is 17.3 Å². The van der Waals surface area contributed by atoms with Crippen molar-refractivity contribution in [1.82, 2.24) is 19.2 Å². The number of hydrogen-bond donors (Lipinski definition) is 0. The SMILES string of the molecule is C=CCn1c(SCc2cn3ccccc3c2C#N)nnc1C1CC1. The average Bonchev–Trinajstić information content (AvgIpc) is 3.27. The van der Waals surface area contributed by atoms with Gasteiger partial charge < -0.3 is 8.97 Å². The lowest BCUT2D eigenvalue weighted by atomic mass is 10.2. The molecule has 1 aliphatic rings. The largest absolute Gasteiger partial charge is 0.322 e. The Balaban J connectivity index is 1.61. The summed E-state index contributed by atoms with van der Waals surface area (Å²) in [5.41, 5.74) is 2.71. The van der Waals surface area contributed by atoms with Crippen LogP contribution in [0.3, 0.4) is 0 Å². The van der Waals surface area contributed by atoms with Crippen LogP contribution >= 0.6 is 11.8 Å². The van der Waals surface area contributed by atoms with Crippen LogP contribution in [0.2, 0.25) is 0 Å². The summed E-state index contributed by atoms with van der Waals surface area (Å²) in [5.74, 6) is 2.32. The minimum atomic E-state index is 0.554. The normalized spacial score (nSPS) is 14.0. The van der Waals surface area contributed by atoms with Crippen molar-refractivity contribution in [1.29, 1.82) is 5.26 Å². The Morgan fingerprint density at radius 2 is 2.25 bits per heavy atom. The number of allylic oxidation sites excluding steroid dienone is 1. The topological polar surface area (TPSA) is 58.9 Å². The molecule has 0 saturated heterocycles. The van der Waals surface area contributed by atoms with Crippen LogP contribution in [0.4, 0.5) is 0 Å². The third-order valence-corrected chi connectivity index (χ3v) is 5.25. The zero-order valence-corrected chi connectivity index (χ0v) is 14.0. The Morgan fingerprint density at radius 1 is 1.38 bits per heavy atom. The number of aromatic nitrogens is 4. The predicted molar refractivity (Wildman–Crippen MR) is 93.9 cm³/mol. The van der Waals surface area contributed by atoms with E-state index in [1.807, 2.05) is 41.1 Å². The van der Waals surface area contributed by atoms with Gasteiger partial charge in [0, 0.05) is 30.6 Å². The molecular formula is C18H17N5S. The number of pyridine rings is 1. The molecule has 120 valence electrons. The van der Waals surface area contributed by atoms with Gasteiger partial charge in [-0.3, -0.25) is 0 Å². The van der Waals surface area contributed by atoms with Gasteiger partial charge in [0.15, 0.2) is 5.16 Å². The summed E-state index contributed by atoms with van der Waals surface area (Å²) >= 11 is 1.63. The van der Waals surface area contributed by atoms with Gasteiger partial charge in [-0.15, -0.1) is 16.8 Å². The molecule has 3 aromatic heterocycles. The van der Waals surface area contributed by atoms with Crippen molar-refractivity contribution < 1.29 is 0 Å². The summed E-state index contributed by atoms with van der Waals surface area (Å²) in [7, 11) is 0. The molecular weight excluding hydrogens is 318 g/mol. The van der Waals surface area contributed by atoms with Gasteiger partial charge in [-0.05, 0) is 30.5 Å². The van der Waals surface area contributed by atoms with Crippen LogP contribution in [-0.2, 0) is 12.3 Å². The van der Waals surface area contributed by atoms with E-state index in [-0.39, 0.29) is 0 Å². The first-order valence-electron chi connectivity index (χ1n) is 7.97. The minimum Gasteiger partial charge on any atom is -0.322 e. The molecule has 3 aromatic rings. The van der Waals surface area contributed by atoms with Gasteiger partial charge in [-0.25, -0.2) is 0 Å². The van der Waals surface area contributed by atoms with Gasteiger partial charge in [0.05, 0.1) is 11.1 Å². The second-order valence-corrected chi connectivity index (χ2v) is 6.88. The van der Waals surface area contributed by atoms with Crippen LogP contribution < -0.4 is 0 Å². The highest BCUT2D eigenvalue weighted by Gasteiger charge is 2.30. The van der Waals surface area contributed by atoms with E-state index in [2.05, 4.69) is 27.4 Å². The molecule has 0 N–H and O–H groups in total. The number of rotatable bonds is 6. The number of fused-ring (bicyclic) bond motifs is 1. The molecule has 3 heterocycles. The molecule has 1 saturated carbocycles. The number of hydrogen-bond acceptors (Lipinski definition) is 4. The fourth-order valence-corrected chi connectivity index (χ4v) is 3.84. The maximum absolute atomic E-state index is 9.51. The van der Waals surface area contributed by atoms with Crippen LogP contribution in [0.1, 0.15) is 35.7 Å². The maximum atomic E-state index is 9.51. The fraction of sp³-hybridized carbons (Fsp3) is 0.278. The summed E-state index contributed by atoms with van der Waals surface area (Å²) in [6.45, 7) is 4.57. The van der Waals surface area contributed by atoms with Crippen LogP contribution in [0.15, 0.2) is 48.4 Å². The van der Waals surface area contributed by atoms with E-state index in [0.29, 0.717) is 11.7 Å². The van der Waals surface area contributed by atoms with Crippen molar-refractivity contribution in [3.63, 3.8) is 0 Å². The summed E-state index contributed by atoms with van der Waals surface area (Å²) < 4.78 is 4.15. The molecule has 0 atom stereocenters. The summed E-state index contributed by atoms with van der Waals surface area (Å²) in [6.07, 6.45) is 8.27. The molecule has 0 spiro atoms. The standard InChI is InChI=1S/C18H17N5S/c1-2-8-23-17(13-6-7-13)20-21-18(23)24-12-14-11-22-9-4-3-5-16(22)15(14)10-19/h2-5,9,11,13H,1,6-8,12H2. The van der Waals surface area contributed by atoms with Gasteiger partial charge in [0.2, 0.25) is 0 Å². The molecule has 1 aliphatic carbocycles. The van der Waals surface area contributed by atoms with Crippen LogP contribution in [0.5, 0.6) is 0 Å². The van der Waals surface area contributed by atoms with Gasteiger partial charge in [-0.1, -0.05) is 23.9 Å². The molecule has 24 heavy (non-hydrogen) atoms. The van der Waals surface area contributed by atoms with Crippen molar-refractivity contribution in [3.05, 3.63) is 60.2 Å². The number of nitriles is 1. The van der Waals surface area contributed by atoms with E-state index in [9.17, 15) is 5.26 Å². The first-order valence-corrected chi connectivity index (χ1v) is 8.96. The zero-order chi connectivity index (χ0) is 16.5. The van der Waals surface area contributed by atoms with Crippen molar-refractivity contribution in [3.8, 4) is 6.07 Å². The molecule has 0 amide bonds. The van der Waals surface area contributed by atoms with Crippen molar-refractivity contribution in [2.75, 3.05) is 0 Å². The zero-order valence-electron chi connectivity index (χ0n) is 13.2. The summed E-state index contributed by atoms with van der Waals surface area (Å²) in [6, 6.07) is 8.23. The third-order valence-electron chi connectivity index (χ3n) is 4.23. The van der Waals surface area contributed by atoms with Crippen LogP contribution in [0, 0.1) is 11.3 Å². The van der Waals surface area contributed by atoms with E-state index in [1.54, 1.807) is 11.8 Å². The van der Waals surface area contributed by atoms with Gasteiger partial charge in [-0.2, -0.15) is 5.26 Å². The maximum Gasteiger partial charge on any atom is 0.191 e. The van der Waals surface area contributed by atoms with Crippen LogP contribution in [-0.4, -0.2) is 19.2 Å². The molecule has 0 aliphatic heterocycles. The molecule has 0 radical (unpaired) electrons. The number of nitrogens with zero attached hydrogens (tertiary/aromatic N) is 5. The first kappa shape index (κ1) is 15.0. The third kappa shape index (κ3) is 2.61. The second-order valence-electron chi connectivity index (χ2n) is 5.94. The van der Waals surface area contributed by atoms with Crippen molar-refractivity contribution in [2.45, 2.75) is 36.2 Å². The summed E-state index contributed by atoms with van der Waals surface area (Å²) in [5, 5.41) is 19.1. The Morgan fingerprint density at radius 3 is 3.00 bits per heavy atom. The van der Waals surface area contributed by atoms with E-state index >= 15 is 0 Å². The van der Waals surface area contributed by atoms with Gasteiger partial charge in [0.25, 0.3) is 0 Å². The van der Waals surface area contributed by atoms with Crippen molar-refractivity contribution in [2.24, 2.45) is 0 Å². The Bertz CT molecular complexity index is 942. The molecule has 4 rings (SSSR count). The highest BCUT2D eigenvalue weighted by Crippen LogP contribution is 2.40. The Hall–Kier alpha value is -2.52. The lowest BCUT2D eigenvalue weighted by Crippen LogP contribution is -2.02. The monoisotopic (exact) mass is 335 g/mol. The molecule has 5 nitrogen and oxygen atoms in total. The lowest BCUT2D eigenvalue weighted by molar-refractivity contribution is 0.681. The van der Waals surface area contributed by atoms with E-state index < -0.39 is 0 Å². The first-order chi connectivity index (χ1) is 11.8.